The number of anilines is 1. The molecule has 2 aliphatic heterocycles. The maximum atomic E-state index is 12.9. The summed E-state index contributed by atoms with van der Waals surface area (Å²) in [5, 5.41) is 19.2. The van der Waals surface area contributed by atoms with Gasteiger partial charge in [-0.3, -0.25) is 19.3 Å². The molecule has 0 radical (unpaired) electrons. The molecule has 13 nitrogen and oxygen atoms in total. The van der Waals surface area contributed by atoms with E-state index in [1.807, 2.05) is 0 Å². The van der Waals surface area contributed by atoms with Crippen molar-refractivity contribution in [2.24, 2.45) is 10.9 Å². The Balaban J connectivity index is 0.00000380. The molecule has 1 saturated heterocycles. The maximum Gasteiger partial charge on any atom is 1.00 e. The molecule has 0 unspecified atom stereocenters. The van der Waals surface area contributed by atoms with Crippen LogP contribution in [-0.4, -0.2) is 63.6 Å². The molecule has 2 atom stereocenters. The molecule has 0 bridgehead atoms. The van der Waals surface area contributed by atoms with Crippen molar-refractivity contribution in [3.05, 3.63) is 57.9 Å². The number of carboxylic acids is 1. The van der Waals surface area contributed by atoms with Gasteiger partial charge in [-0.05, 0) is 17.7 Å². The van der Waals surface area contributed by atoms with Gasteiger partial charge in [-0.2, -0.15) is 0 Å². The van der Waals surface area contributed by atoms with Gasteiger partial charge in [0.15, 0.2) is 10.8 Å². The number of nitrogens with zero attached hydrogens (tertiary/aromatic N) is 3. The zero-order valence-corrected chi connectivity index (χ0v) is 23.3. The van der Waals surface area contributed by atoms with E-state index in [0.717, 1.165) is 16.2 Å². The number of fused-ring (bicyclic) bond motifs is 1. The van der Waals surface area contributed by atoms with Crippen LogP contribution in [0.1, 0.15) is 21.6 Å². The molecule has 1 aromatic carbocycles. The average Bonchev–Trinajstić information content (AvgIpc) is 3.29. The Bertz CT molecular complexity index is 1300. The third-order valence-electron chi connectivity index (χ3n) is 5.23. The van der Waals surface area contributed by atoms with Gasteiger partial charge in [0, 0.05) is 10.9 Å². The number of hydrogen-bond donors (Lipinski definition) is 3. The van der Waals surface area contributed by atoms with Crippen molar-refractivity contribution in [1.29, 1.82) is 0 Å². The van der Waals surface area contributed by atoms with Crippen LogP contribution in [-0.2, 0) is 30.6 Å². The smallest absolute Gasteiger partial charge is 0.543 e. The number of nitrogen functional groups attached to an aromatic ring is 1. The van der Waals surface area contributed by atoms with Crippen LogP contribution < -0.4 is 51.4 Å². The minimum Gasteiger partial charge on any atom is -0.543 e. The molecule has 16 heteroatoms. The van der Waals surface area contributed by atoms with E-state index in [-0.39, 0.29) is 64.2 Å². The quantitative estimate of drug-likeness (QED) is 0.118. The van der Waals surface area contributed by atoms with Gasteiger partial charge < -0.3 is 36.3 Å². The predicted molar refractivity (Wildman–Crippen MR) is 127 cm³/mol. The molecule has 188 valence electrons. The number of nitrogens with two attached hydrogens (primary N) is 2. The van der Waals surface area contributed by atoms with Gasteiger partial charge in [0.25, 0.3) is 11.8 Å². The summed E-state index contributed by atoms with van der Waals surface area (Å²) in [5.74, 6) is -3.38. The Morgan fingerprint density at radius 1 is 1.30 bits per heavy atom. The first-order valence-corrected chi connectivity index (χ1v) is 12.2. The van der Waals surface area contributed by atoms with Gasteiger partial charge in [0.05, 0.1) is 11.7 Å². The van der Waals surface area contributed by atoms with Gasteiger partial charge in [-0.25, -0.2) is 4.98 Å². The third kappa shape index (κ3) is 5.91. The number of thiazole rings is 1. The van der Waals surface area contributed by atoms with Crippen LogP contribution in [0, 0.1) is 0 Å². The van der Waals surface area contributed by atoms with E-state index >= 15 is 0 Å². The number of carboxylic acid groups (broad SMARTS) is 1. The average molecular weight is 555 g/mol. The molecular weight excluding hydrogens is 535 g/mol. The number of rotatable bonds is 9. The van der Waals surface area contributed by atoms with Crippen LogP contribution in [0.15, 0.2) is 46.3 Å². The van der Waals surface area contributed by atoms with E-state index in [4.69, 9.17) is 21.0 Å². The molecule has 3 heterocycles. The topological polar surface area (TPSA) is 202 Å². The Hall–Kier alpha value is -3.11. The Labute approximate surface area is 240 Å². The summed E-state index contributed by atoms with van der Waals surface area (Å²) < 4.78 is 5.68. The summed E-state index contributed by atoms with van der Waals surface area (Å²) in [6, 6.07) is 5.27. The minimum atomic E-state index is -1.59. The summed E-state index contributed by atoms with van der Waals surface area (Å²) in [6.07, 6.45) is 0. The van der Waals surface area contributed by atoms with Gasteiger partial charge in [0.1, 0.15) is 42.3 Å². The second-order valence-electron chi connectivity index (χ2n) is 7.46. The van der Waals surface area contributed by atoms with Crippen LogP contribution in [0.2, 0.25) is 0 Å². The molecule has 0 spiro atoms. The van der Waals surface area contributed by atoms with E-state index in [0.29, 0.717) is 11.1 Å². The molecule has 0 saturated carbocycles. The fraction of sp³-hybridized carbons (Fsp3) is 0.238. The summed E-state index contributed by atoms with van der Waals surface area (Å²) in [7, 11) is 1.25. The van der Waals surface area contributed by atoms with Gasteiger partial charge in [0.2, 0.25) is 5.91 Å². The fourth-order valence-electron chi connectivity index (χ4n) is 3.53. The first-order valence-electron chi connectivity index (χ1n) is 10.2. The van der Waals surface area contributed by atoms with E-state index in [2.05, 4.69) is 15.5 Å². The van der Waals surface area contributed by atoms with Gasteiger partial charge >= 0.3 is 29.6 Å². The van der Waals surface area contributed by atoms with Crippen LogP contribution in [0.3, 0.4) is 0 Å². The van der Waals surface area contributed by atoms with Crippen molar-refractivity contribution >= 4 is 57.6 Å². The number of nitrogens with one attached hydrogen (secondary N) is 1. The van der Waals surface area contributed by atoms with Crippen molar-refractivity contribution in [1.82, 2.24) is 15.2 Å². The van der Waals surface area contributed by atoms with Crippen LogP contribution in [0.25, 0.3) is 0 Å². The molecular formula is C21H19N6NaO7S2. The van der Waals surface area contributed by atoms with E-state index in [9.17, 15) is 24.3 Å². The number of primary amides is 1. The molecule has 2 aliphatic rings. The normalized spacial score (nSPS) is 18.8. The van der Waals surface area contributed by atoms with E-state index < -0.39 is 40.8 Å². The number of ether oxygens (including phenoxy) is 1. The zero-order chi connectivity index (χ0) is 26.0. The predicted octanol–water partition coefficient (Wildman–Crippen LogP) is -4.24. The molecule has 1 fully saturated rings. The number of oxime groups is 1. The SMILES string of the molecule is CO/N=C(\C(=O)N[C@@H]1C(=O)N2C(C(=O)[O-])=C(OCc3ccc(C(N)=O)cc3)CS[C@@H]12)c1csc(N)n1.[Na+]. The molecule has 5 N–H and O–H groups in total. The number of aromatic nitrogens is 1. The summed E-state index contributed by atoms with van der Waals surface area (Å²) in [6.45, 7) is -0.00775. The number of β-lactam (4-membered cyclic amide) rings is 1. The first-order chi connectivity index (χ1) is 17.2. The van der Waals surface area contributed by atoms with Gasteiger partial charge in [-0.1, -0.05) is 17.3 Å². The maximum absolute atomic E-state index is 12.9. The Morgan fingerprint density at radius 3 is 2.57 bits per heavy atom. The molecule has 3 amide bonds. The second-order valence-corrected chi connectivity index (χ2v) is 9.46. The summed E-state index contributed by atoms with van der Waals surface area (Å²) in [5.41, 5.74) is 11.4. The molecule has 4 rings (SSSR count). The fourth-order valence-corrected chi connectivity index (χ4v) is 5.35. The number of benzene rings is 1. The Kier molecular flexibility index (Phi) is 9.20. The molecule has 0 aliphatic carbocycles. The van der Waals surface area contributed by atoms with Crippen LogP contribution in [0.4, 0.5) is 5.13 Å². The van der Waals surface area contributed by atoms with Crippen LogP contribution >= 0.6 is 23.1 Å². The number of carbonyl (C=O) groups excluding carboxylic acids is 4. The van der Waals surface area contributed by atoms with Crippen molar-refractivity contribution in [2.75, 3.05) is 18.6 Å². The number of carbonyl (C=O) groups is 4. The standard InChI is InChI=1S/C21H20N6O7S2.Na/c1-33-26-13(11-7-36-21(23)24-11)17(29)25-14-18(30)27-15(20(31)32)12(8-35-19(14)27)34-6-9-2-4-10(5-3-9)16(22)28;/h2-5,7,14,19H,6,8H2,1H3,(H2,22,28)(H2,23,24)(H,25,29)(H,31,32);/q;+1/p-1/b26-13-;/t14-,19+;/m1./s1. The van der Waals surface area contributed by atoms with E-state index in [1.54, 1.807) is 12.1 Å². The number of hydrogen-bond acceptors (Lipinski definition) is 12. The summed E-state index contributed by atoms with van der Waals surface area (Å²) in [4.78, 5) is 58.5. The number of amides is 3. The summed E-state index contributed by atoms with van der Waals surface area (Å²) >= 11 is 2.31. The first kappa shape index (κ1) is 28.5. The zero-order valence-electron chi connectivity index (χ0n) is 19.6. The number of thioether (sulfide) groups is 1. The van der Waals surface area contributed by atoms with Crippen molar-refractivity contribution in [3.63, 3.8) is 0 Å². The van der Waals surface area contributed by atoms with Crippen molar-refractivity contribution < 1.29 is 63.4 Å². The van der Waals surface area contributed by atoms with Crippen LogP contribution in [0.5, 0.6) is 0 Å². The third-order valence-corrected chi connectivity index (χ3v) is 7.15. The molecule has 37 heavy (non-hydrogen) atoms. The monoisotopic (exact) mass is 554 g/mol. The second kappa shape index (κ2) is 12.0. The molecule has 2 aromatic rings. The number of aliphatic carboxylic acids is 1. The van der Waals surface area contributed by atoms with E-state index in [1.165, 1.54) is 36.4 Å². The minimum absolute atomic E-state index is 0. The van der Waals surface area contributed by atoms with Crippen molar-refractivity contribution in [2.45, 2.75) is 18.0 Å². The van der Waals surface area contributed by atoms with Gasteiger partial charge in [-0.15, -0.1) is 23.1 Å². The Morgan fingerprint density at radius 2 is 2.00 bits per heavy atom. The van der Waals surface area contributed by atoms with Crippen molar-refractivity contribution in [3.8, 4) is 0 Å². The molecule has 1 aromatic heterocycles. The largest absolute Gasteiger partial charge is 1.00 e.